The monoisotopic (exact) mass is 193 g/mol. The number of hydrogen-bond donors (Lipinski definition) is 1. The largest absolute Gasteiger partial charge is 0.459 e. The molecule has 1 aromatic heterocycles. The maximum absolute atomic E-state index is 11.6. The van der Waals surface area contributed by atoms with Crippen molar-refractivity contribution >= 4 is 5.91 Å². The predicted molar refractivity (Wildman–Crippen MR) is 53.0 cm³/mol. The predicted octanol–water partition coefficient (Wildman–Crippen LogP) is 2.20. The van der Waals surface area contributed by atoms with Crippen molar-refractivity contribution in [3.63, 3.8) is 0 Å². The van der Waals surface area contributed by atoms with E-state index in [0.29, 0.717) is 17.7 Å². The topological polar surface area (TPSA) is 42.2 Å². The van der Waals surface area contributed by atoms with Crippen molar-refractivity contribution in [2.75, 3.05) is 0 Å². The Balaban J connectivity index is 1.95. The molecule has 0 aromatic carbocycles. The number of hydrogen-bond acceptors (Lipinski definition) is 2. The molecule has 2 rings (SSSR count). The molecule has 1 aliphatic carbocycles. The Morgan fingerprint density at radius 1 is 1.57 bits per heavy atom. The van der Waals surface area contributed by atoms with E-state index in [2.05, 4.69) is 12.2 Å². The number of nitrogens with one attached hydrogen (secondary N) is 1. The van der Waals surface area contributed by atoms with Gasteiger partial charge in [-0.15, -0.1) is 0 Å². The van der Waals surface area contributed by atoms with E-state index < -0.39 is 0 Å². The maximum Gasteiger partial charge on any atom is 0.287 e. The van der Waals surface area contributed by atoms with E-state index in [1.54, 1.807) is 12.1 Å². The van der Waals surface area contributed by atoms with Crippen LogP contribution in [0.25, 0.3) is 0 Å². The summed E-state index contributed by atoms with van der Waals surface area (Å²) in [6.45, 7) is 2.18. The van der Waals surface area contributed by atoms with Crippen LogP contribution in [0.3, 0.4) is 0 Å². The zero-order chi connectivity index (χ0) is 9.97. The highest BCUT2D eigenvalue weighted by Crippen LogP contribution is 2.24. The van der Waals surface area contributed by atoms with Crippen LogP contribution >= 0.6 is 0 Å². The van der Waals surface area contributed by atoms with E-state index >= 15 is 0 Å². The summed E-state index contributed by atoms with van der Waals surface area (Å²) in [6, 6.07) is 3.75. The van der Waals surface area contributed by atoms with Gasteiger partial charge in [0.1, 0.15) is 0 Å². The van der Waals surface area contributed by atoms with Gasteiger partial charge in [-0.3, -0.25) is 4.79 Å². The van der Waals surface area contributed by atoms with E-state index in [1.807, 2.05) is 0 Å². The van der Waals surface area contributed by atoms with Gasteiger partial charge in [-0.25, -0.2) is 0 Å². The summed E-state index contributed by atoms with van der Waals surface area (Å²) < 4.78 is 5.03. The second-order valence-electron chi connectivity index (χ2n) is 3.97. The molecule has 3 nitrogen and oxygen atoms in total. The van der Waals surface area contributed by atoms with Gasteiger partial charge in [0.05, 0.1) is 6.26 Å². The second kappa shape index (κ2) is 3.86. The van der Waals surface area contributed by atoms with Crippen LogP contribution in [0.4, 0.5) is 0 Å². The SMILES string of the molecule is CC1CCCC1NC(=O)c1ccco1. The van der Waals surface area contributed by atoms with Crippen LogP contribution < -0.4 is 5.32 Å². The van der Waals surface area contributed by atoms with Gasteiger partial charge in [0.2, 0.25) is 0 Å². The lowest BCUT2D eigenvalue weighted by Crippen LogP contribution is -2.36. The lowest BCUT2D eigenvalue weighted by molar-refractivity contribution is 0.0901. The molecule has 0 radical (unpaired) electrons. The first-order valence-electron chi connectivity index (χ1n) is 5.12. The van der Waals surface area contributed by atoms with Crippen molar-refractivity contribution < 1.29 is 9.21 Å². The van der Waals surface area contributed by atoms with Gasteiger partial charge in [0.15, 0.2) is 5.76 Å². The third-order valence-corrected chi connectivity index (χ3v) is 2.92. The number of rotatable bonds is 2. The van der Waals surface area contributed by atoms with E-state index in [4.69, 9.17) is 4.42 Å². The summed E-state index contributed by atoms with van der Waals surface area (Å²) in [5.74, 6) is 0.909. The molecule has 1 saturated carbocycles. The van der Waals surface area contributed by atoms with Gasteiger partial charge in [0.25, 0.3) is 5.91 Å². The molecule has 3 heteroatoms. The molecular formula is C11H15NO2. The first-order chi connectivity index (χ1) is 6.77. The molecular weight excluding hydrogens is 178 g/mol. The quantitative estimate of drug-likeness (QED) is 0.782. The van der Waals surface area contributed by atoms with Crippen molar-refractivity contribution in [3.8, 4) is 0 Å². The van der Waals surface area contributed by atoms with Gasteiger partial charge in [-0.2, -0.15) is 0 Å². The Kier molecular flexibility index (Phi) is 2.57. The van der Waals surface area contributed by atoms with E-state index in [0.717, 1.165) is 6.42 Å². The van der Waals surface area contributed by atoms with E-state index in [1.165, 1.54) is 19.1 Å². The first-order valence-corrected chi connectivity index (χ1v) is 5.12. The van der Waals surface area contributed by atoms with Gasteiger partial charge in [-0.1, -0.05) is 13.3 Å². The Labute approximate surface area is 83.5 Å². The minimum Gasteiger partial charge on any atom is -0.459 e. The fraction of sp³-hybridized carbons (Fsp3) is 0.545. The summed E-state index contributed by atoms with van der Waals surface area (Å²) in [5.41, 5.74) is 0. The van der Waals surface area contributed by atoms with Crippen LogP contribution in [0.15, 0.2) is 22.8 Å². The van der Waals surface area contributed by atoms with E-state index in [-0.39, 0.29) is 5.91 Å². The number of carbonyl (C=O) groups excluding carboxylic acids is 1. The fourth-order valence-corrected chi connectivity index (χ4v) is 2.01. The second-order valence-corrected chi connectivity index (χ2v) is 3.97. The summed E-state index contributed by atoms with van der Waals surface area (Å²) in [5, 5.41) is 3.00. The minimum atomic E-state index is -0.0891. The highest BCUT2D eigenvalue weighted by molar-refractivity contribution is 5.91. The molecule has 1 N–H and O–H groups in total. The Morgan fingerprint density at radius 3 is 3.00 bits per heavy atom. The lowest BCUT2D eigenvalue weighted by Gasteiger charge is -2.15. The molecule has 0 bridgehead atoms. The zero-order valence-electron chi connectivity index (χ0n) is 8.32. The maximum atomic E-state index is 11.6. The van der Waals surface area contributed by atoms with Crippen molar-refractivity contribution in [2.45, 2.75) is 32.2 Å². The van der Waals surface area contributed by atoms with Crippen LogP contribution in [0.5, 0.6) is 0 Å². The summed E-state index contributed by atoms with van der Waals surface area (Å²) in [6.07, 6.45) is 5.04. The molecule has 0 saturated heterocycles. The number of furan rings is 1. The van der Waals surface area contributed by atoms with Crippen molar-refractivity contribution in [1.29, 1.82) is 0 Å². The zero-order valence-corrected chi connectivity index (χ0v) is 8.32. The molecule has 2 atom stereocenters. The van der Waals surface area contributed by atoms with Gasteiger partial charge in [-0.05, 0) is 30.9 Å². The van der Waals surface area contributed by atoms with Crippen molar-refractivity contribution in [3.05, 3.63) is 24.2 Å². The Bertz CT molecular complexity index is 305. The molecule has 76 valence electrons. The minimum absolute atomic E-state index is 0.0891. The molecule has 1 heterocycles. The van der Waals surface area contributed by atoms with Crippen LogP contribution in [0.1, 0.15) is 36.7 Å². The first kappa shape index (κ1) is 9.31. The average molecular weight is 193 g/mol. The average Bonchev–Trinajstić information content (AvgIpc) is 2.77. The molecule has 0 aliphatic heterocycles. The summed E-state index contributed by atoms with van der Waals surface area (Å²) in [7, 11) is 0. The molecule has 0 spiro atoms. The highest BCUT2D eigenvalue weighted by atomic mass is 16.3. The van der Waals surface area contributed by atoms with E-state index in [9.17, 15) is 4.79 Å². The fourth-order valence-electron chi connectivity index (χ4n) is 2.01. The molecule has 2 unspecified atom stereocenters. The standard InChI is InChI=1S/C11H15NO2/c1-8-4-2-5-9(8)12-11(13)10-6-3-7-14-10/h3,6-9H,2,4-5H2,1H3,(H,12,13). The van der Waals surface area contributed by atoms with Crippen molar-refractivity contribution in [1.82, 2.24) is 5.32 Å². The van der Waals surface area contributed by atoms with Gasteiger partial charge in [0, 0.05) is 6.04 Å². The van der Waals surface area contributed by atoms with Crippen LogP contribution in [0, 0.1) is 5.92 Å². The number of carbonyl (C=O) groups is 1. The normalized spacial score (nSPS) is 26.4. The van der Waals surface area contributed by atoms with Crippen LogP contribution in [-0.4, -0.2) is 11.9 Å². The molecule has 1 aromatic rings. The molecule has 1 fully saturated rings. The highest BCUT2D eigenvalue weighted by Gasteiger charge is 2.25. The summed E-state index contributed by atoms with van der Waals surface area (Å²) >= 11 is 0. The van der Waals surface area contributed by atoms with Crippen LogP contribution in [0.2, 0.25) is 0 Å². The molecule has 1 amide bonds. The smallest absolute Gasteiger partial charge is 0.287 e. The van der Waals surface area contributed by atoms with Gasteiger partial charge >= 0.3 is 0 Å². The summed E-state index contributed by atoms with van der Waals surface area (Å²) in [4.78, 5) is 11.6. The van der Waals surface area contributed by atoms with Crippen molar-refractivity contribution in [2.24, 2.45) is 5.92 Å². The Hall–Kier alpha value is -1.25. The third kappa shape index (κ3) is 1.81. The lowest BCUT2D eigenvalue weighted by atomic mass is 10.1. The third-order valence-electron chi connectivity index (χ3n) is 2.92. The molecule has 1 aliphatic rings. The Morgan fingerprint density at radius 2 is 2.43 bits per heavy atom. The van der Waals surface area contributed by atoms with Gasteiger partial charge < -0.3 is 9.73 Å². The van der Waals surface area contributed by atoms with Crippen LogP contribution in [-0.2, 0) is 0 Å². The molecule has 14 heavy (non-hydrogen) atoms. The number of amides is 1.